The lowest BCUT2D eigenvalue weighted by Crippen LogP contribution is -2.55. The Labute approximate surface area is 172 Å². The molecule has 5 nitrogen and oxygen atoms in total. The second-order valence-electron chi connectivity index (χ2n) is 9.04. The van der Waals surface area contributed by atoms with E-state index in [4.69, 9.17) is 12.2 Å². The minimum absolute atomic E-state index is 0.0297. The van der Waals surface area contributed by atoms with Gasteiger partial charge in [-0.1, -0.05) is 13.0 Å². The molecule has 2 amide bonds. The van der Waals surface area contributed by atoms with Crippen molar-refractivity contribution in [2.75, 3.05) is 10.6 Å². The lowest BCUT2D eigenvalue weighted by molar-refractivity contribution is -0.144. The van der Waals surface area contributed by atoms with E-state index >= 15 is 0 Å². The molecule has 0 aliphatic heterocycles. The highest BCUT2D eigenvalue weighted by molar-refractivity contribution is 7.80. The Kier molecular flexibility index (Phi) is 5.17. The number of aryl methyl sites for hydroxylation is 1. The van der Waals surface area contributed by atoms with Gasteiger partial charge in [0.1, 0.15) is 0 Å². The Morgan fingerprint density at radius 2 is 1.68 bits per heavy atom. The van der Waals surface area contributed by atoms with Crippen molar-refractivity contribution in [3.8, 4) is 0 Å². The van der Waals surface area contributed by atoms with Gasteiger partial charge in [0.25, 0.3) is 0 Å². The third-order valence-corrected chi connectivity index (χ3v) is 7.04. The van der Waals surface area contributed by atoms with E-state index in [2.05, 4.69) is 16.0 Å². The van der Waals surface area contributed by atoms with Gasteiger partial charge in [-0.05, 0) is 93.1 Å². The van der Waals surface area contributed by atoms with Gasteiger partial charge in [-0.25, -0.2) is 0 Å². The zero-order valence-corrected chi connectivity index (χ0v) is 17.5. The Bertz CT molecular complexity index is 785. The fourth-order valence-electron chi connectivity index (χ4n) is 5.86. The molecule has 0 heterocycles. The molecule has 28 heavy (non-hydrogen) atoms. The third kappa shape index (κ3) is 3.79. The molecule has 3 N–H and O–H groups in total. The van der Waals surface area contributed by atoms with Crippen LogP contribution in [0.25, 0.3) is 0 Å². The predicted octanol–water partition coefficient (Wildman–Crippen LogP) is 4.37. The van der Waals surface area contributed by atoms with Crippen LogP contribution >= 0.6 is 12.2 Å². The number of hydrogen-bond donors (Lipinski definition) is 3. The first kappa shape index (κ1) is 19.4. The van der Waals surface area contributed by atoms with Crippen molar-refractivity contribution in [2.45, 2.75) is 58.8 Å². The summed E-state index contributed by atoms with van der Waals surface area (Å²) < 4.78 is 0. The van der Waals surface area contributed by atoms with Crippen LogP contribution in [0.1, 0.15) is 57.4 Å². The molecule has 0 atom stereocenters. The Balaban J connectivity index is 1.40. The van der Waals surface area contributed by atoms with E-state index in [0.717, 1.165) is 54.0 Å². The molecule has 0 aromatic heterocycles. The normalized spacial score (nSPS) is 30.0. The standard InChI is InChI=1S/C22H29N3O2S/c1-3-19(26)24-18-9-17(5-4-13(18)2)23-21(28)25-20(27)22-10-14-6-15(11-22)8-16(7-14)12-22/h4-5,9,14-16H,3,6-8,10-12H2,1-2H3,(H,24,26)(H2,23,25,27,28). The first-order valence-electron chi connectivity index (χ1n) is 10.4. The smallest absolute Gasteiger partial charge is 0.232 e. The van der Waals surface area contributed by atoms with Crippen LogP contribution in [0.4, 0.5) is 11.4 Å². The van der Waals surface area contributed by atoms with Gasteiger partial charge in [-0.3, -0.25) is 9.59 Å². The molecule has 1 aromatic carbocycles. The number of amides is 2. The van der Waals surface area contributed by atoms with Gasteiger partial charge in [0.05, 0.1) is 5.41 Å². The molecule has 150 valence electrons. The first-order chi connectivity index (χ1) is 13.4. The van der Waals surface area contributed by atoms with Crippen molar-refractivity contribution < 1.29 is 9.59 Å². The molecular weight excluding hydrogens is 370 g/mol. The van der Waals surface area contributed by atoms with E-state index in [0.29, 0.717) is 11.5 Å². The zero-order valence-electron chi connectivity index (χ0n) is 16.6. The van der Waals surface area contributed by atoms with Crippen LogP contribution < -0.4 is 16.0 Å². The molecule has 4 fully saturated rings. The number of carbonyl (C=O) groups is 2. The monoisotopic (exact) mass is 399 g/mol. The minimum atomic E-state index is -0.214. The SMILES string of the molecule is CCC(=O)Nc1cc(NC(=S)NC(=O)C23CC4CC(CC(C4)C2)C3)ccc1C. The average Bonchev–Trinajstić information content (AvgIpc) is 2.63. The zero-order chi connectivity index (χ0) is 19.9. The van der Waals surface area contributed by atoms with Crippen LogP contribution in [0.3, 0.4) is 0 Å². The van der Waals surface area contributed by atoms with Crippen LogP contribution in [0.15, 0.2) is 18.2 Å². The van der Waals surface area contributed by atoms with Crippen LogP contribution in [0.5, 0.6) is 0 Å². The molecule has 0 radical (unpaired) electrons. The van der Waals surface area contributed by atoms with E-state index in [1.165, 1.54) is 19.3 Å². The molecule has 4 saturated carbocycles. The van der Waals surface area contributed by atoms with E-state index in [1.54, 1.807) is 0 Å². The molecule has 4 bridgehead atoms. The van der Waals surface area contributed by atoms with Crippen molar-refractivity contribution in [1.82, 2.24) is 5.32 Å². The van der Waals surface area contributed by atoms with Gasteiger partial charge >= 0.3 is 0 Å². The Hall–Kier alpha value is -1.95. The third-order valence-electron chi connectivity index (χ3n) is 6.84. The van der Waals surface area contributed by atoms with E-state index < -0.39 is 0 Å². The topological polar surface area (TPSA) is 70.2 Å². The second-order valence-corrected chi connectivity index (χ2v) is 9.45. The summed E-state index contributed by atoms with van der Waals surface area (Å²) in [6.45, 7) is 3.77. The fourth-order valence-corrected chi connectivity index (χ4v) is 6.07. The summed E-state index contributed by atoms with van der Waals surface area (Å²) in [4.78, 5) is 24.8. The van der Waals surface area contributed by atoms with Gasteiger partial charge in [-0.2, -0.15) is 0 Å². The van der Waals surface area contributed by atoms with Crippen molar-refractivity contribution in [2.24, 2.45) is 23.2 Å². The summed E-state index contributed by atoms with van der Waals surface area (Å²) in [5.74, 6) is 2.23. The number of thiocarbonyl (C=S) groups is 1. The van der Waals surface area contributed by atoms with Crippen LogP contribution in [-0.4, -0.2) is 16.9 Å². The quantitative estimate of drug-likeness (QED) is 0.658. The summed E-state index contributed by atoms with van der Waals surface area (Å²) in [7, 11) is 0. The number of nitrogens with one attached hydrogen (secondary N) is 3. The summed E-state index contributed by atoms with van der Waals surface area (Å²) in [5.41, 5.74) is 2.28. The van der Waals surface area contributed by atoms with Gasteiger partial charge in [0, 0.05) is 17.8 Å². The second kappa shape index (κ2) is 7.47. The van der Waals surface area contributed by atoms with Gasteiger partial charge in [0.15, 0.2) is 5.11 Å². The van der Waals surface area contributed by atoms with Gasteiger partial charge in [0.2, 0.25) is 11.8 Å². The maximum absolute atomic E-state index is 13.1. The van der Waals surface area contributed by atoms with E-state index in [1.807, 2.05) is 32.0 Å². The molecule has 1 aromatic rings. The van der Waals surface area contributed by atoms with Crippen LogP contribution in [-0.2, 0) is 9.59 Å². The molecule has 0 unspecified atom stereocenters. The summed E-state index contributed by atoms with van der Waals surface area (Å²) in [5, 5.41) is 9.30. The first-order valence-corrected chi connectivity index (χ1v) is 10.8. The largest absolute Gasteiger partial charge is 0.332 e. The summed E-state index contributed by atoms with van der Waals surface area (Å²) >= 11 is 5.42. The molecule has 4 aliphatic rings. The van der Waals surface area contributed by atoms with Gasteiger partial charge in [-0.15, -0.1) is 0 Å². The molecule has 6 heteroatoms. The van der Waals surface area contributed by atoms with E-state index in [-0.39, 0.29) is 17.2 Å². The maximum Gasteiger partial charge on any atom is 0.232 e. The van der Waals surface area contributed by atoms with Crippen molar-refractivity contribution >= 4 is 40.5 Å². The van der Waals surface area contributed by atoms with Crippen LogP contribution in [0.2, 0.25) is 0 Å². The minimum Gasteiger partial charge on any atom is -0.332 e. The Morgan fingerprint density at radius 1 is 1.07 bits per heavy atom. The number of carbonyl (C=O) groups excluding carboxylic acids is 2. The molecule has 5 rings (SSSR count). The lowest BCUT2D eigenvalue weighted by atomic mass is 9.49. The number of hydrogen-bond acceptors (Lipinski definition) is 3. The molecule has 0 spiro atoms. The average molecular weight is 400 g/mol. The highest BCUT2D eigenvalue weighted by Gasteiger charge is 2.54. The highest BCUT2D eigenvalue weighted by Crippen LogP contribution is 2.60. The molecule has 4 aliphatic carbocycles. The van der Waals surface area contributed by atoms with E-state index in [9.17, 15) is 9.59 Å². The lowest BCUT2D eigenvalue weighted by Gasteiger charge is -2.55. The van der Waals surface area contributed by atoms with Gasteiger partial charge < -0.3 is 16.0 Å². The fraction of sp³-hybridized carbons (Fsp3) is 0.591. The predicted molar refractivity (Wildman–Crippen MR) is 115 cm³/mol. The highest BCUT2D eigenvalue weighted by atomic mass is 32.1. The van der Waals surface area contributed by atoms with Crippen molar-refractivity contribution in [3.63, 3.8) is 0 Å². The van der Waals surface area contributed by atoms with Crippen molar-refractivity contribution in [3.05, 3.63) is 23.8 Å². The summed E-state index contributed by atoms with van der Waals surface area (Å²) in [6.07, 6.45) is 7.42. The maximum atomic E-state index is 13.1. The van der Waals surface area contributed by atoms with Crippen molar-refractivity contribution in [1.29, 1.82) is 0 Å². The summed E-state index contributed by atoms with van der Waals surface area (Å²) in [6, 6.07) is 5.68. The molecule has 0 saturated heterocycles. The van der Waals surface area contributed by atoms with Crippen LogP contribution in [0, 0.1) is 30.1 Å². The number of anilines is 2. The number of benzene rings is 1. The number of rotatable bonds is 4. The molecular formula is C22H29N3O2S. The Morgan fingerprint density at radius 3 is 2.25 bits per heavy atom.